The van der Waals surface area contributed by atoms with E-state index >= 15 is 0 Å². The molecule has 1 aromatic heterocycles. The molecule has 130 valence electrons. The molecule has 2 aromatic carbocycles. The molecule has 0 bridgehead atoms. The second-order valence-corrected chi connectivity index (χ2v) is 6.07. The summed E-state index contributed by atoms with van der Waals surface area (Å²) in [5.41, 5.74) is 4.48. The normalized spacial score (nSPS) is 12.9. The highest BCUT2D eigenvalue weighted by Gasteiger charge is 2.20. The predicted octanol–water partition coefficient (Wildman–Crippen LogP) is 2.83. The Morgan fingerprint density at radius 3 is 2.69 bits per heavy atom. The Bertz CT molecular complexity index is 1060. The van der Waals surface area contributed by atoms with Crippen molar-refractivity contribution >= 4 is 34.2 Å². The number of amides is 2. The SMILES string of the molecule is Cc1nc2ccc(C(=O)Nc3cccc4c3NC(=O)CO4)cc2nc1C. The molecule has 2 N–H and O–H groups in total. The number of hydrogen-bond acceptors (Lipinski definition) is 5. The van der Waals surface area contributed by atoms with Gasteiger partial charge in [0.05, 0.1) is 28.1 Å². The number of nitrogens with zero attached hydrogens (tertiary/aromatic N) is 2. The quantitative estimate of drug-likeness (QED) is 0.743. The average Bonchev–Trinajstić information content (AvgIpc) is 2.63. The zero-order chi connectivity index (χ0) is 18.3. The van der Waals surface area contributed by atoms with E-state index in [9.17, 15) is 9.59 Å². The summed E-state index contributed by atoms with van der Waals surface area (Å²) in [6.07, 6.45) is 0. The third-order valence-corrected chi connectivity index (χ3v) is 4.24. The monoisotopic (exact) mass is 348 g/mol. The minimum Gasteiger partial charge on any atom is -0.481 e. The number of benzene rings is 2. The molecular formula is C19H16N4O3. The van der Waals surface area contributed by atoms with Gasteiger partial charge in [0.2, 0.25) is 0 Å². The van der Waals surface area contributed by atoms with Crippen molar-refractivity contribution in [3.63, 3.8) is 0 Å². The first-order chi connectivity index (χ1) is 12.5. The van der Waals surface area contributed by atoms with E-state index in [2.05, 4.69) is 20.6 Å². The second kappa shape index (κ2) is 6.11. The molecule has 0 unspecified atom stereocenters. The molecule has 0 fully saturated rings. The fourth-order valence-electron chi connectivity index (χ4n) is 2.77. The van der Waals surface area contributed by atoms with Crippen LogP contribution >= 0.6 is 0 Å². The van der Waals surface area contributed by atoms with Crippen molar-refractivity contribution in [1.82, 2.24) is 9.97 Å². The van der Waals surface area contributed by atoms with Crippen LogP contribution in [-0.2, 0) is 4.79 Å². The van der Waals surface area contributed by atoms with Gasteiger partial charge in [0.15, 0.2) is 6.61 Å². The molecular weight excluding hydrogens is 332 g/mol. The topological polar surface area (TPSA) is 93.2 Å². The van der Waals surface area contributed by atoms with Crippen LogP contribution in [0, 0.1) is 13.8 Å². The van der Waals surface area contributed by atoms with Crippen LogP contribution in [-0.4, -0.2) is 28.4 Å². The van der Waals surface area contributed by atoms with Crippen molar-refractivity contribution in [2.75, 3.05) is 17.2 Å². The lowest BCUT2D eigenvalue weighted by molar-refractivity contribution is -0.118. The Balaban J connectivity index is 1.66. The molecule has 0 radical (unpaired) electrons. The van der Waals surface area contributed by atoms with Crippen molar-refractivity contribution < 1.29 is 14.3 Å². The summed E-state index contributed by atoms with van der Waals surface area (Å²) < 4.78 is 5.36. The van der Waals surface area contributed by atoms with Gasteiger partial charge in [-0.2, -0.15) is 0 Å². The number of para-hydroxylation sites is 1. The Hall–Kier alpha value is -3.48. The minimum atomic E-state index is -0.305. The highest BCUT2D eigenvalue weighted by molar-refractivity contribution is 6.09. The lowest BCUT2D eigenvalue weighted by atomic mass is 10.1. The fourth-order valence-corrected chi connectivity index (χ4v) is 2.77. The highest BCUT2D eigenvalue weighted by atomic mass is 16.5. The number of carbonyl (C=O) groups excluding carboxylic acids is 2. The van der Waals surface area contributed by atoms with Crippen molar-refractivity contribution in [2.24, 2.45) is 0 Å². The molecule has 7 nitrogen and oxygen atoms in total. The van der Waals surface area contributed by atoms with Gasteiger partial charge in [0.25, 0.3) is 11.8 Å². The van der Waals surface area contributed by atoms with E-state index in [1.165, 1.54) is 0 Å². The summed E-state index contributed by atoms with van der Waals surface area (Å²) >= 11 is 0. The molecule has 1 aliphatic heterocycles. The molecule has 1 aliphatic rings. The smallest absolute Gasteiger partial charge is 0.262 e. The van der Waals surface area contributed by atoms with E-state index in [4.69, 9.17) is 4.74 Å². The molecule has 0 aliphatic carbocycles. The maximum Gasteiger partial charge on any atom is 0.262 e. The number of carbonyl (C=O) groups is 2. The number of ether oxygens (including phenoxy) is 1. The van der Waals surface area contributed by atoms with Crippen LogP contribution in [0.3, 0.4) is 0 Å². The maximum atomic E-state index is 12.7. The van der Waals surface area contributed by atoms with Gasteiger partial charge in [0, 0.05) is 5.56 Å². The van der Waals surface area contributed by atoms with Crippen LogP contribution in [0.25, 0.3) is 11.0 Å². The average molecular weight is 348 g/mol. The summed E-state index contributed by atoms with van der Waals surface area (Å²) in [5, 5.41) is 5.54. The van der Waals surface area contributed by atoms with Crippen molar-refractivity contribution in [3.8, 4) is 5.75 Å². The minimum absolute atomic E-state index is 0.0352. The molecule has 0 spiro atoms. The Kier molecular flexibility index (Phi) is 3.76. The molecule has 0 saturated carbocycles. The van der Waals surface area contributed by atoms with E-state index in [0.29, 0.717) is 28.2 Å². The van der Waals surface area contributed by atoms with Crippen LogP contribution < -0.4 is 15.4 Å². The maximum absolute atomic E-state index is 12.7. The standard InChI is InChI=1S/C19H16N4O3/c1-10-11(2)21-15-8-12(6-7-13(15)20-10)19(25)22-14-4-3-5-16-18(14)23-17(24)9-26-16/h3-8H,9H2,1-2H3,(H,22,25)(H,23,24). The first-order valence-corrected chi connectivity index (χ1v) is 8.13. The number of aromatic nitrogens is 2. The molecule has 26 heavy (non-hydrogen) atoms. The van der Waals surface area contributed by atoms with Gasteiger partial charge < -0.3 is 15.4 Å². The molecule has 2 heterocycles. The summed E-state index contributed by atoms with van der Waals surface area (Å²) in [6, 6.07) is 10.4. The van der Waals surface area contributed by atoms with Crippen LogP contribution in [0.15, 0.2) is 36.4 Å². The van der Waals surface area contributed by atoms with E-state index in [0.717, 1.165) is 16.9 Å². The number of nitrogens with one attached hydrogen (secondary N) is 2. The van der Waals surface area contributed by atoms with Gasteiger partial charge in [-0.1, -0.05) is 6.07 Å². The lowest BCUT2D eigenvalue weighted by Crippen LogP contribution is -2.26. The van der Waals surface area contributed by atoms with Gasteiger partial charge in [0.1, 0.15) is 11.4 Å². The van der Waals surface area contributed by atoms with Gasteiger partial charge in [-0.15, -0.1) is 0 Å². The van der Waals surface area contributed by atoms with Crippen LogP contribution in [0.2, 0.25) is 0 Å². The van der Waals surface area contributed by atoms with Gasteiger partial charge >= 0.3 is 0 Å². The number of fused-ring (bicyclic) bond motifs is 2. The molecule has 0 atom stereocenters. The Morgan fingerprint density at radius 1 is 1.12 bits per heavy atom. The zero-order valence-corrected chi connectivity index (χ0v) is 14.3. The second-order valence-electron chi connectivity index (χ2n) is 6.07. The number of rotatable bonds is 2. The van der Waals surface area contributed by atoms with E-state index < -0.39 is 0 Å². The van der Waals surface area contributed by atoms with Crippen LogP contribution in [0.5, 0.6) is 5.75 Å². The number of aryl methyl sites for hydroxylation is 2. The lowest BCUT2D eigenvalue weighted by Gasteiger charge is -2.20. The largest absolute Gasteiger partial charge is 0.481 e. The first-order valence-electron chi connectivity index (χ1n) is 8.13. The third-order valence-electron chi connectivity index (χ3n) is 4.24. The van der Waals surface area contributed by atoms with Crippen LogP contribution in [0.4, 0.5) is 11.4 Å². The Morgan fingerprint density at radius 2 is 1.88 bits per heavy atom. The highest BCUT2D eigenvalue weighted by Crippen LogP contribution is 2.35. The zero-order valence-electron chi connectivity index (χ0n) is 14.3. The Labute approximate surface area is 149 Å². The number of anilines is 2. The number of hydrogen-bond donors (Lipinski definition) is 2. The van der Waals surface area contributed by atoms with E-state index in [1.807, 2.05) is 13.8 Å². The predicted molar refractivity (Wildman–Crippen MR) is 97.5 cm³/mol. The fraction of sp³-hybridized carbons (Fsp3) is 0.158. The van der Waals surface area contributed by atoms with Gasteiger partial charge in [-0.25, -0.2) is 9.97 Å². The van der Waals surface area contributed by atoms with E-state index in [1.54, 1.807) is 36.4 Å². The first kappa shape index (κ1) is 16.0. The van der Waals surface area contributed by atoms with Gasteiger partial charge in [-0.05, 0) is 44.2 Å². The molecule has 2 amide bonds. The summed E-state index contributed by atoms with van der Waals surface area (Å²) in [7, 11) is 0. The van der Waals surface area contributed by atoms with E-state index in [-0.39, 0.29) is 18.4 Å². The van der Waals surface area contributed by atoms with Crippen molar-refractivity contribution in [1.29, 1.82) is 0 Å². The summed E-state index contributed by atoms with van der Waals surface area (Å²) in [5.74, 6) is -0.0379. The van der Waals surface area contributed by atoms with Crippen LogP contribution in [0.1, 0.15) is 21.7 Å². The molecule has 3 aromatic rings. The molecule has 0 saturated heterocycles. The van der Waals surface area contributed by atoms with Gasteiger partial charge in [-0.3, -0.25) is 9.59 Å². The molecule has 4 rings (SSSR count). The third kappa shape index (κ3) is 2.83. The molecule has 7 heteroatoms. The van der Waals surface area contributed by atoms with Crippen molar-refractivity contribution in [3.05, 3.63) is 53.3 Å². The van der Waals surface area contributed by atoms with Crippen molar-refractivity contribution in [2.45, 2.75) is 13.8 Å². The summed E-state index contributed by atoms with van der Waals surface area (Å²) in [4.78, 5) is 33.2. The summed E-state index contributed by atoms with van der Waals surface area (Å²) in [6.45, 7) is 3.75.